The molecule has 1 fully saturated rings. The molecule has 1 saturated heterocycles. The molecular formula is C16H17F3N2O3. The first-order chi connectivity index (χ1) is 11.4. The molecule has 1 aromatic rings. The maximum absolute atomic E-state index is 12.6. The summed E-state index contributed by atoms with van der Waals surface area (Å²) in [5, 5.41) is 2.63. The lowest BCUT2D eigenvalue weighted by Gasteiger charge is -2.24. The van der Waals surface area contributed by atoms with E-state index in [1.54, 1.807) is 6.07 Å². The summed E-state index contributed by atoms with van der Waals surface area (Å²) in [7, 11) is 0. The van der Waals surface area contributed by atoms with Crippen molar-refractivity contribution in [2.75, 3.05) is 13.2 Å². The molecule has 0 saturated carbocycles. The van der Waals surface area contributed by atoms with E-state index in [0.717, 1.165) is 23.3 Å². The van der Waals surface area contributed by atoms with Gasteiger partial charge in [-0.25, -0.2) is 0 Å². The molecule has 0 aliphatic carbocycles. The number of benzene rings is 1. The molecule has 24 heavy (non-hydrogen) atoms. The fraction of sp³-hybridized carbons (Fsp3) is 0.500. The molecule has 8 heteroatoms. The Kier molecular flexibility index (Phi) is 4.38. The Bertz CT molecular complexity index is 660. The molecule has 0 bridgehead atoms. The summed E-state index contributed by atoms with van der Waals surface area (Å²) in [6, 6.07) is 4.48. The van der Waals surface area contributed by atoms with Crippen molar-refractivity contribution < 1.29 is 27.5 Å². The van der Waals surface area contributed by atoms with Crippen LogP contribution in [0.4, 0.5) is 13.2 Å². The van der Waals surface area contributed by atoms with Crippen LogP contribution in [0.1, 0.15) is 24.0 Å². The molecule has 2 aliphatic heterocycles. The lowest BCUT2D eigenvalue weighted by atomic mass is 10.1. The SMILES string of the molecule is O=C(NCc1ccc2c(c1)CCO2)C1CCCN1C(=O)C(F)(F)F. The molecule has 1 N–H and O–H groups in total. The van der Waals surface area contributed by atoms with E-state index in [0.29, 0.717) is 17.9 Å². The number of carbonyl (C=O) groups is 2. The van der Waals surface area contributed by atoms with Gasteiger partial charge in [0.15, 0.2) is 0 Å². The van der Waals surface area contributed by atoms with E-state index in [1.165, 1.54) is 0 Å². The Labute approximate surface area is 136 Å². The van der Waals surface area contributed by atoms with Gasteiger partial charge in [-0.3, -0.25) is 9.59 Å². The molecule has 2 aliphatic rings. The van der Waals surface area contributed by atoms with Crippen molar-refractivity contribution in [3.8, 4) is 5.75 Å². The third kappa shape index (κ3) is 3.32. The number of carbonyl (C=O) groups excluding carboxylic acids is 2. The molecule has 3 rings (SSSR count). The zero-order chi connectivity index (χ0) is 17.3. The van der Waals surface area contributed by atoms with Gasteiger partial charge in [-0.05, 0) is 30.0 Å². The predicted octanol–water partition coefficient (Wildman–Crippen LogP) is 1.79. The van der Waals surface area contributed by atoms with Gasteiger partial charge < -0.3 is 15.0 Å². The summed E-state index contributed by atoms with van der Waals surface area (Å²) in [5.74, 6) is -1.68. The van der Waals surface area contributed by atoms with Crippen LogP contribution in [0.15, 0.2) is 18.2 Å². The number of alkyl halides is 3. The van der Waals surface area contributed by atoms with Gasteiger partial charge in [-0.2, -0.15) is 13.2 Å². The predicted molar refractivity (Wildman–Crippen MR) is 78.3 cm³/mol. The standard InChI is InChI=1S/C16H17F3N2O3/c17-16(18,19)15(23)21-6-1-2-12(21)14(22)20-9-10-3-4-13-11(8-10)5-7-24-13/h3-4,8,12H,1-2,5-7,9H2,(H,20,22). The molecule has 0 radical (unpaired) electrons. The molecule has 1 atom stereocenters. The summed E-state index contributed by atoms with van der Waals surface area (Å²) in [6.07, 6.45) is -3.53. The highest BCUT2D eigenvalue weighted by molar-refractivity contribution is 5.90. The van der Waals surface area contributed by atoms with Gasteiger partial charge in [0.25, 0.3) is 0 Å². The normalized spacial score (nSPS) is 19.8. The van der Waals surface area contributed by atoms with Crippen molar-refractivity contribution >= 4 is 11.8 Å². The third-order valence-corrected chi connectivity index (χ3v) is 4.28. The molecule has 2 amide bonds. The fourth-order valence-corrected chi connectivity index (χ4v) is 3.10. The lowest BCUT2D eigenvalue weighted by Crippen LogP contribution is -2.50. The van der Waals surface area contributed by atoms with Crippen LogP contribution in [-0.4, -0.2) is 42.1 Å². The van der Waals surface area contributed by atoms with Crippen molar-refractivity contribution in [2.45, 2.75) is 38.0 Å². The van der Waals surface area contributed by atoms with Gasteiger partial charge in [0, 0.05) is 19.5 Å². The summed E-state index contributed by atoms with van der Waals surface area (Å²) in [6.45, 7) is 0.783. The molecule has 2 heterocycles. The molecule has 130 valence electrons. The highest BCUT2D eigenvalue weighted by atomic mass is 19.4. The van der Waals surface area contributed by atoms with Gasteiger partial charge in [-0.1, -0.05) is 12.1 Å². The second-order valence-corrected chi connectivity index (χ2v) is 5.91. The van der Waals surface area contributed by atoms with Gasteiger partial charge in [0.2, 0.25) is 5.91 Å². The zero-order valence-electron chi connectivity index (χ0n) is 12.9. The number of hydrogen-bond acceptors (Lipinski definition) is 3. The minimum atomic E-state index is -4.96. The number of amides is 2. The molecule has 1 aromatic carbocycles. The first-order valence-corrected chi connectivity index (χ1v) is 7.76. The number of halogens is 3. The number of nitrogens with one attached hydrogen (secondary N) is 1. The fourth-order valence-electron chi connectivity index (χ4n) is 3.10. The lowest BCUT2D eigenvalue weighted by molar-refractivity contribution is -0.186. The summed E-state index contributed by atoms with van der Waals surface area (Å²) >= 11 is 0. The molecule has 5 nitrogen and oxygen atoms in total. The first-order valence-electron chi connectivity index (χ1n) is 7.76. The smallest absolute Gasteiger partial charge is 0.471 e. The van der Waals surface area contributed by atoms with Crippen LogP contribution in [0.2, 0.25) is 0 Å². The quantitative estimate of drug-likeness (QED) is 0.911. The van der Waals surface area contributed by atoms with E-state index in [4.69, 9.17) is 4.74 Å². The van der Waals surface area contributed by atoms with E-state index in [2.05, 4.69) is 5.32 Å². The Morgan fingerprint density at radius 1 is 1.33 bits per heavy atom. The van der Waals surface area contributed by atoms with Crippen LogP contribution >= 0.6 is 0 Å². The van der Waals surface area contributed by atoms with Crippen molar-refractivity contribution in [1.82, 2.24) is 10.2 Å². The molecule has 0 spiro atoms. The Morgan fingerprint density at radius 2 is 2.12 bits per heavy atom. The van der Waals surface area contributed by atoms with Crippen LogP contribution in [0.25, 0.3) is 0 Å². The van der Waals surface area contributed by atoms with E-state index in [1.807, 2.05) is 12.1 Å². The summed E-state index contributed by atoms with van der Waals surface area (Å²) < 4.78 is 43.1. The largest absolute Gasteiger partial charge is 0.493 e. The minimum absolute atomic E-state index is 0.0490. The van der Waals surface area contributed by atoms with Crippen molar-refractivity contribution in [3.63, 3.8) is 0 Å². The summed E-state index contributed by atoms with van der Waals surface area (Å²) in [5.41, 5.74) is 1.90. The number of likely N-dealkylation sites (tertiary alicyclic amines) is 1. The monoisotopic (exact) mass is 342 g/mol. The number of rotatable bonds is 3. The van der Waals surface area contributed by atoms with E-state index in [9.17, 15) is 22.8 Å². The first kappa shape index (κ1) is 16.6. The van der Waals surface area contributed by atoms with E-state index >= 15 is 0 Å². The van der Waals surface area contributed by atoms with Gasteiger partial charge >= 0.3 is 12.1 Å². The second kappa shape index (κ2) is 6.33. The maximum atomic E-state index is 12.6. The number of nitrogens with zero attached hydrogens (tertiary/aromatic N) is 1. The van der Waals surface area contributed by atoms with Crippen molar-refractivity contribution in [1.29, 1.82) is 0 Å². The third-order valence-electron chi connectivity index (χ3n) is 4.28. The topological polar surface area (TPSA) is 58.6 Å². The Morgan fingerprint density at radius 3 is 2.88 bits per heavy atom. The van der Waals surface area contributed by atoms with E-state index < -0.39 is 24.0 Å². The van der Waals surface area contributed by atoms with Crippen LogP contribution < -0.4 is 10.1 Å². The van der Waals surface area contributed by atoms with Crippen molar-refractivity contribution in [3.05, 3.63) is 29.3 Å². The van der Waals surface area contributed by atoms with Crippen molar-refractivity contribution in [2.24, 2.45) is 0 Å². The average molecular weight is 342 g/mol. The Balaban J connectivity index is 1.61. The number of hydrogen-bond donors (Lipinski definition) is 1. The molecule has 1 unspecified atom stereocenters. The average Bonchev–Trinajstić information content (AvgIpc) is 3.19. The van der Waals surface area contributed by atoms with Crippen LogP contribution in [-0.2, 0) is 22.6 Å². The zero-order valence-corrected chi connectivity index (χ0v) is 12.9. The Hall–Kier alpha value is -2.25. The maximum Gasteiger partial charge on any atom is 0.471 e. The second-order valence-electron chi connectivity index (χ2n) is 5.91. The molecule has 0 aromatic heterocycles. The molecular weight excluding hydrogens is 325 g/mol. The van der Waals surface area contributed by atoms with Crippen LogP contribution in [0.5, 0.6) is 5.75 Å². The highest BCUT2D eigenvalue weighted by Crippen LogP contribution is 2.27. The summed E-state index contributed by atoms with van der Waals surface area (Å²) in [4.78, 5) is 24.2. The number of ether oxygens (including phenoxy) is 1. The van der Waals surface area contributed by atoms with Crippen LogP contribution in [0, 0.1) is 0 Å². The van der Waals surface area contributed by atoms with Gasteiger partial charge in [0.1, 0.15) is 11.8 Å². The van der Waals surface area contributed by atoms with Gasteiger partial charge in [-0.15, -0.1) is 0 Å². The highest BCUT2D eigenvalue weighted by Gasteiger charge is 2.47. The minimum Gasteiger partial charge on any atom is -0.493 e. The van der Waals surface area contributed by atoms with Gasteiger partial charge in [0.05, 0.1) is 6.61 Å². The van der Waals surface area contributed by atoms with Crippen LogP contribution in [0.3, 0.4) is 0 Å². The van der Waals surface area contributed by atoms with E-state index in [-0.39, 0.29) is 19.5 Å². The number of fused-ring (bicyclic) bond motifs is 1.